The smallest absolute Gasteiger partial charge is 0.285 e. The number of carbonyl (C=O) groups excluding carboxylic acids is 1. The molecule has 0 spiro atoms. The van der Waals surface area contributed by atoms with Gasteiger partial charge in [-0.05, 0) is 18.2 Å². The van der Waals surface area contributed by atoms with E-state index in [1.165, 1.54) is 0 Å². The average molecular weight is 290 g/mol. The molecule has 0 atom stereocenters. The fourth-order valence-corrected chi connectivity index (χ4v) is 1.73. The highest BCUT2D eigenvalue weighted by Gasteiger charge is 2.23. The van der Waals surface area contributed by atoms with Crippen LogP contribution in [0.15, 0.2) is 42.5 Å². The molecule has 0 aromatic heterocycles. The average Bonchev–Trinajstić information content (AvgIpc) is 2.47. The maximum Gasteiger partial charge on any atom is 0.285 e. The molecule has 2 rings (SSSR count). The maximum absolute atomic E-state index is 13.5. The van der Waals surface area contributed by atoms with E-state index in [1.807, 2.05) is 5.43 Å². The summed E-state index contributed by atoms with van der Waals surface area (Å²) in [5.74, 6) is 3.46. The van der Waals surface area contributed by atoms with E-state index in [0.717, 1.165) is 6.07 Å². The number of anilines is 2. The Morgan fingerprint density at radius 3 is 2.48 bits per heavy atom. The molecule has 0 unspecified atom stereocenters. The number of hydrogen-bond donors (Lipinski definition) is 3. The number of hydrogen-bond acceptors (Lipinski definition) is 5. The molecule has 108 valence electrons. The first kappa shape index (κ1) is 14.4. The van der Waals surface area contributed by atoms with Crippen molar-refractivity contribution in [1.82, 2.24) is 0 Å². The van der Waals surface area contributed by atoms with E-state index in [9.17, 15) is 19.3 Å². The van der Waals surface area contributed by atoms with Gasteiger partial charge in [0.15, 0.2) is 5.82 Å². The van der Waals surface area contributed by atoms with Crippen LogP contribution in [0, 0.1) is 15.9 Å². The summed E-state index contributed by atoms with van der Waals surface area (Å²) >= 11 is 0. The Morgan fingerprint density at radius 1 is 1.24 bits per heavy atom. The third-order valence-corrected chi connectivity index (χ3v) is 2.71. The van der Waals surface area contributed by atoms with Crippen LogP contribution in [0.5, 0.6) is 0 Å². The zero-order valence-corrected chi connectivity index (χ0v) is 10.7. The quantitative estimate of drug-likeness (QED) is 0.454. The van der Waals surface area contributed by atoms with Crippen molar-refractivity contribution in [3.63, 3.8) is 0 Å². The summed E-state index contributed by atoms with van der Waals surface area (Å²) in [5.41, 5.74) is 1.36. The molecule has 0 aliphatic rings. The third-order valence-electron chi connectivity index (χ3n) is 2.71. The molecule has 8 heteroatoms. The minimum absolute atomic E-state index is 0.209. The minimum atomic E-state index is -0.916. The predicted octanol–water partition coefficient (Wildman–Crippen LogP) is 2.27. The van der Waals surface area contributed by atoms with Crippen LogP contribution in [0.3, 0.4) is 0 Å². The number of nitrogens with one attached hydrogen (secondary N) is 2. The number of hydrazine groups is 1. The van der Waals surface area contributed by atoms with E-state index in [0.29, 0.717) is 11.8 Å². The molecule has 0 heterocycles. The van der Waals surface area contributed by atoms with E-state index >= 15 is 0 Å². The predicted molar refractivity (Wildman–Crippen MR) is 75.3 cm³/mol. The number of nitrogen functional groups attached to an aromatic ring is 1. The number of nitro benzene ring substituents is 1. The Balaban J connectivity index is 2.41. The Bertz CT molecular complexity index is 691. The number of carbonyl (C=O) groups is 1. The molecular formula is C13H11FN4O3. The normalized spacial score (nSPS) is 10.0. The van der Waals surface area contributed by atoms with Crippen molar-refractivity contribution < 1.29 is 14.1 Å². The second-order valence-electron chi connectivity index (χ2n) is 4.07. The lowest BCUT2D eigenvalue weighted by Gasteiger charge is -2.08. The van der Waals surface area contributed by atoms with Crippen LogP contribution in [0.2, 0.25) is 0 Å². The maximum atomic E-state index is 13.5. The van der Waals surface area contributed by atoms with Gasteiger partial charge in [0.1, 0.15) is 5.56 Å². The molecule has 0 radical (unpaired) electrons. The number of halogens is 1. The lowest BCUT2D eigenvalue weighted by Crippen LogP contribution is -2.16. The summed E-state index contributed by atoms with van der Waals surface area (Å²) in [5, 5.41) is 13.4. The van der Waals surface area contributed by atoms with Crippen molar-refractivity contribution in [2.45, 2.75) is 0 Å². The molecule has 0 saturated heterocycles. The van der Waals surface area contributed by atoms with Crippen LogP contribution < -0.4 is 16.6 Å². The van der Waals surface area contributed by atoms with E-state index in [-0.39, 0.29) is 11.3 Å². The van der Waals surface area contributed by atoms with Crippen LogP contribution in [0.4, 0.5) is 21.5 Å². The molecule has 2 aromatic carbocycles. The van der Waals surface area contributed by atoms with Gasteiger partial charge >= 0.3 is 0 Å². The lowest BCUT2D eigenvalue weighted by atomic mass is 10.1. The fraction of sp³-hybridized carbons (Fsp3) is 0. The topological polar surface area (TPSA) is 110 Å². The Kier molecular flexibility index (Phi) is 4.10. The highest BCUT2D eigenvalue weighted by Crippen LogP contribution is 2.26. The summed E-state index contributed by atoms with van der Waals surface area (Å²) in [6, 6.07) is 10.0. The van der Waals surface area contributed by atoms with Gasteiger partial charge in [-0.3, -0.25) is 20.8 Å². The van der Waals surface area contributed by atoms with Crippen molar-refractivity contribution >= 4 is 23.0 Å². The van der Waals surface area contributed by atoms with Crippen LogP contribution in [0.25, 0.3) is 0 Å². The van der Waals surface area contributed by atoms with Crippen LogP contribution in [-0.4, -0.2) is 10.8 Å². The van der Waals surface area contributed by atoms with Gasteiger partial charge in [0, 0.05) is 5.69 Å². The van der Waals surface area contributed by atoms with Crippen molar-refractivity contribution in [3.05, 3.63) is 64.0 Å². The molecule has 0 aliphatic heterocycles. The van der Waals surface area contributed by atoms with E-state index in [1.54, 1.807) is 30.3 Å². The second-order valence-corrected chi connectivity index (χ2v) is 4.07. The highest BCUT2D eigenvalue weighted by atomic mass is 19.1. The Labute approximate surface area is 118 Å². The van der Waals surface area contributed by atoms with Gasteiger partial charge < -0.3 is 10.7 Å². The Morgan fingerprint density at radius 2 is 1.90 bits per heavy atom. The van der Waals surface area contributed by atoms with E-state index in [4.69, 9.17) is 5.84 Å². The van der Waals surface area contributed by atoms with E-state index < -0.39 is 22.3 Å². The number of para-hydroxylation sites is 1. The van der Waals surface area contributed by atoms with Gasteiger partial charge in [0.05, 0.1) is 16.7 Å². The van der Waals surface area contributed by atoms with Crippen molar-refractivity contribution in [1.29, 1.82) is 0 Å². The molecule has 0 aliphatic carbocycles. The monoisotopic (exact) mass is 290 g/mol. The van der Waals surface area contributed by atoms with Gasteiger partial charge in [-0.2, -0.15) is 0 Å². The Hall–Kier alpha value is -3.00. The fourth-order valence-electron chi connectivity index (χ4n) is 1.73. The van der Waals surface area contributed by atoms with E-state index in [2.05, 4.69) is 5.32 Å². The number of benzene rings is 2. The summed E-state index contributed by atoms with van der Waals surface area (Å²) in [6.07, 6.45) is 0. The SMILES string of the molecule is NNc1cc(C(=O)Nc2ccccc2)c([N+](=O)[O-])cc1F. The molecule has 7 nitrogen and oxygen atoms in total. The molecular weight excluding hydrogens is 279 g/mol. The number of rotatable bonds is 4. The van der Waals surface area contributed by atoms with Gasteiger partial charge in [0.2, 0.25) is 0 Å². The zero-order chi connectivity index (χ0) is 15.4. The largest absolute Gasteiger partial charge is 0.322 e. The van der Waals surface area contributed by atoms with Crippen LogP contribution >= 0.6 is 0 Å². The highest BCUT2D eigenvalue weighted by molar-refractivity contribution is 6.07. The third kappa shape index (κ3) is 3.12. The van der Waals surface area contributed by atoms with Crippen molar-refractivity contribution in [2.24, 2.45) is 5.84 Å². The van der Waals surface area contributed by atoms with Gasteiger partial charge in [-0.25, -0.2) is 4.39 Å². The first-order valence-electron chi connectivity index (χ1n) is 5.84. The molecule has 0 saturated carbocycles. The summed E-state index contributed by atoms with van der Waals surface area (Å²) in [7, 11) is 0. The van der Waals surface area contributed by atoms with Gasteiger partial charge in [-0.1, -0.05) is 18.2 Å². The second kappa shape index (κ2) is 5.97. The molecule has 21 heavy (non-hydrogen) atoms. The minimum Gasteiger partial charge on any atom is -0.322 e. The lowest BCUT2D eigenvalue weighted by molar-refractivity contribution is -0.385. The zero-order valence-electron chi connectivity index (χ0n) is 10.7. The molecule has 0 bridgehead atoms. The molecule has 2 aromatic rings. The summed E-state index contributed by atoms with van der Waals surface area (Å²) in [6.45, 7) is 0. The number of amides is 1. The molecule has 0 fully saturated rings. The number of nitrogens with two attached hydrogens (primary N) is 1. The molecule has 1 amide bonds. The van der Waals surface area contributed by atoms with Crippen molar-refractivity contribution in [3.8, 4) is 0 Å². The van der Waals surface area contributed by atoms with Crippen molar-refractivity contribution in [2.75, 3.05) is 10.7 Å². The van der Waals surface area contributed by atoms with Gasteiger partial charge in [0.25, 0.3) is 11.6 Å². The van der Waals surface area contributed by atoms with Crippen LogP contribution in [0.1, 0.15) is 10.4 Å². The molecule has 4 N–H and O–H groups in total. The van der Waals surface area contributed by atoms with Crippen LogP contribution in [-0.2, 0) is 0 Å². The first-order valence-corrected chi connectivity index (χ1v) is 5.84. The first-order chi connectivity index (χ1) is 10.0. The number of nitro groups is 1. The standard InChI is InChI=1S/C13H11FN4O3/c14-10-7-12(18(20)21)9(6-11(10)17-15)13(19)16-8-4-2-1-3-5-8/h1-7,17H,15H2,(H,16,19). The van der Waals surface area contributed by atoms with Gasteiger partial charge in [-0.15, -0.1) is 0 Å². The summed E-state index contributed by atoms with van der Waals surface area (Å²) in [4.78, 5) is 22.2. The summed E-state index contributed by atoms with van der Waals surface area (Å²) < 4.78 is 13.5. The number of nitrogens with zero attached hydrogens (tertiary/aromatic N) is 1.